The van der Waals surface area contributed by atoms with Crippen molar-refractivity contribution >= 4 is 11.9 Å². The molecule has 0 aromatic carbocycles. The Morgan fingerprint density at radius 1 is 0.514 bits per heavy atom. The number of unbranched alkanes of at least 4 members (excludes halogenated alkanes) is 35. The van der Waals surface area contributed by atoms with Gasteiger partial charge in [0.05, 0.1) is 25.4 Å². The largest absolute Gasteiger partial charge is 0.454 e. The van der Waals surface area contributed by atoms with Crippen molar-refractivity contribution in [3.63, 3.8) is 0 Å². The zero-order valence-corrected chi connectivity index (χ0v) is 48.0. The number of aliphatic hydroxyl groups excluding tert-OH is 5. The summed E-state index contributed by atoms with van der Waals surface area (Å²) in [6, 6.07) is -1.03. The average Bonchev–Trinajstić information content (AvgIpc) is 3.40. The summed E-state index contributed by atoms with van der Waals surface area (Å²) in [5.74, 6) is -1.21. The van der Waals surface area contributed by atoms with Crippen LogP contribution in [0.4, 0.5) is 0 Å². The first-order chi connectivity index (χ1) is 36.2. The predicted molar refractivity (Wildman–Crippen MR) is 306 cm³/mol. The number of carbonyl (C=O) groups is 2. The van der Waals surface area contributed by atoms with Gasteiger partial charge in [-0.15, -0.1) is 0 Å². The molecule has 6 N–H and O–H groups in total. The maximum Gasteiger partial charge on any atom is 0.306 e. The number of rotatable bonds is 53. The molecule has 8 atom stereocenters. The minimum Gasteiger partial charge on any atom is -0.454 e. The Morgan fingerprint density at radius 3 is 1.31 bits per heavy atom. The number of ether oxygens (including phenoxy) is 3. The molecule has 0 spiro atoms. The van der Waals surface area contributed by atoms with Crippen LogP contribution in [0.5, 0.6) is 0 Å². The Bertz CT molecular complexity index is 1340. The summed E-state index contributed by atoms with van der Waals surface area (Å²) >= 11 is 0. The average molecular weight is 1050 g/mol. The summed E-state index contributed by atoms with van der Waals surface area (Å²) in [4.78, 5) is 26.5. The molecule has 1 rings (SSSR count). The van der Waals surface area contributed by atoms with Crippen molar-refractivity contribution in [2.24, 2.45) is 0 Å². The zero-order valence-electron chi connectivity index (χ0n) is 48.0. The van der Waals surface area contributed by atoms with E-state index in [0.29, 0.717) is 12.8 Å². The Labute approximate surface area is 453 Å². The highest BCUT2D eigenvalue weighted by Crippen LogP contribution is 2.26. The van der Waals surface area contributed by atoms with E-state index in [1.165, 1.54) is 186 Å². The van der Waals surface area contributed by atoms with Gasteiger partial charge in [0.25, 0.3) is 0 Å². The highest BCUT2D eigenvalue weighted by atomic mass is 16.7. The third-order valence-corrected chi connectivity index (χ3v) is 14.8. The first kappa shape index (κ1) is 69.9. The third-order valence-electron chi connectivity index (χ3n) is 14.8. The number of allylic oxidation sites excluding steroid dienone is 5. The lowest BCUT2D eigenvalue weighted by atomic mass is 9.99. The fourth-order valence-corrected chi connectivity index (χ4v) is 9.76. The molecular formula is C63H117NO10. The number of nitrogens with one attached hydrogen (secondary N) is 1. The van der Waals surface area contributed by atoms with Gasteiger partial charge in [0, 0.05) is 6.42 Å². The van der Waals surface area contributed by atoms with Crippen molar-refractivity contribution < 1.29 is 49.3 Å². The van der Waals surface area contributed by atoms with E-state index in [1.807, 2.05) is 6.08 Å². The summed E-state index contributed by atoms with van der Waals surface area (Å²) < 4.78 is 17.6. The minimum absolute atomic E-state index is 0.122. The van der Waals surface area contributed by atoms with Gasteiger partial charge in [0.15, 0.2) is 12.4 Å². The van der Waals surface area contributed by atoms with Gasteiger partial charge in [-0.3, -0.25) is 9.59 Å². The van der Waals surface area contributed by atoms with Gasteiger partial charge < -0.3 is 45.1 Å². The van der Waals surface area contributed by atoms with E-state index in [4.69, 9.17) is 14.2 Å². The van der Waals surface area contributed by atoms with Crippen molar-refractivity contribution in [2.45, 2.75) is 339 Å². The van der Waals surface area contributed by atoms with Gasteiger partial charge in [0.1, 0.15) is 24.4 Å². The predicted octanol–water partition coefficient (Wildman–Crippen LogP) is 14.7. The van der Waals surface area contributed by atoms with Crippen LogP contribution in [0.25, 0.3) is 0 Å². The molecule has 11 nitrogen and oxygen atoms in total. The second-order valence-electron chi connectivity index (χ2n) is 21.8. The van der Waals surface area contributed by atoms with E-state index in [1.54, 1.807) is 6.08 Å². The summed E-state index contributed by atoms with van der Waals surface area (Å²) in [6.07, 6.45) is 50.4. The van der Waals surface area contributed by atoms with Gasteiger partial charge in [-0.05, 0) is 77.0 Å². The number of esters is 1. The lowest BCUT2D eigenvalue weighted by molar-refractivity contribution is -0.305. The Hall–Kier alpha value is -2.12. The molecule has 8 unspecified atom stereocenters. The number of hydrogen-bond acceptors (Lipinski definition) is 10. The lowest BCUT2D eigenvalue weighted by Gasteiger charge is -2.41. The second kappa shape index (κ2) is 51.6. The Morgan fingerprint density at radius 2 is 0.892 bits per heavy atom. The third kappa shape index (κ3) is 39.3. The smallest absolute Gasteiger partial charge is 0.306 e. The number of amides is 1. The summed E-state index contributed by atoms with van der Waals surface area (Å²) in [6.45, 7) is 5.79. The Kier molecular flexibility index (Phi) is 48.8. The molecule has 0 aliphatic carbocycles. The summed E-state index contributed by atoms with van der Waals surface area (Å²) in [5, 5.41) is 56.9. The van der Waals surface area contributed by atoms with E-state index < -0.39 is 67.4 Å². The van der Waals surface area contributed by atoms with Gasteiger partial charge in [-0.1, -0.05) is 243 Å². The maximum absolute atomic E-state index is 13.4. The van der Waals surface area contributed by atoms with Crippen LogP contribution in [0, 0.1) is 0 Å². The van der Waals surface area contributed by atoms with Gasteiger partial charge in [-0.2, -0.15) is 0 Å². The molecule has 1 aliphatic heterocycles. The molecule has 0 aromatic heterocycles. The quantitative estimate of drug-likeness (QED) is 0.0195. The zero-order chi connectivity index (χ0) is 54.0. The first-order valence-electron chi connectivity index (χ1n) is 31.3. The topological polar surface area (TPSA) is 175 Å². The number of carbonyl (C=O) groups excluding carboxylic acids is 2. The van der Waals surface area contributed by atoms with E-state index >= 15 is 0 Å². The van der Waals surface area contributed by atoms with Crippen LogP contribution in [0.2, 0.25) is 0 Å². The van der Waals surface area contributed by atoms with Crippen LogP contribution in [0.1, 0.15) is 290 Å². The van der Waals surface area contributed by atoms with Gasteiger partial charge >= 0.3 is 5.97 Å². The van der Waals surface area contributed by atoms with E-state index in [2.05, 4.69) is 50.4 Å². The monoisotopic (exact) mass is 1050 g/mol. The molecule has 0 radical (unpaired) electrons. The first-order valence-corrected chi connectivity index (χ1v) is 31.3. The molecule has 1 amide bonds. The van der Waals surface area contributed by atoms with Crippen LogP contribution >= 0.6 is 0 Å². The second-order valence-corrected chi connectivity index (χ2v) is 21.8. The fourth-order valence-electron chi connectivity index (χ4n) is 9.76. The minimum atomic E-state index is -1.61. The molecule has 1 heterocycles. The highest BCUT2D eigenvalue weighted by molar-refractivity contribution is 5.80. The van der Waals surface area contributed by atoms with Crippen molar-refractivity contribution in [3.05, 3.63) is 36.5 Å². The number of hydrogen-bond donors (Lipinski definition) is 6. The van der Waals surface area contributed by atoms with Crippen molar-refractivity contribution in [2.75, 3.05) is 13.2 Å². The molecule has 1 saturated heterocycles. The lowest BCUT2D eigenvalue weighted by Crippen LogP contribution is -2.61. The van der Waals surface area contributed by atoms with Crippen molar-refractivity contribution in [3.8, 4) is 0 Å². The molecule has 0 saturated carbocycles. The van der Waals surface area contributed by atoms with Crippen LogP contribution in [-0.4, -0.2) is 99.6 Å². The van der Waals surface area contributed by atoms with E-state index in [9.17, 15) is 35.1 Å². The van der Waals surface area contributed by atoms with Gasteiger partial charge in [-0.25, -0.2) is 0 Å². The van der Waals surface area contributed by atoms with E-state index in [0.717, 1.165) is 57.8 Å². The fraction of sp³-hybridized carbons (Fsp3) is 0.873. The van der Waals surface area contributed by atoms with Crippen LogP contribution in [-0.2, 0) is 23.8 Å². The van der Waals surface area contributed by atoms with Crippen LogP contribution < -0.4 is 5.32 Å². The van der Waals surface area contributed by atoms with Crippen LogP contribution in [0.3, 0.4) is 0 Å². The van der Waals surface area contributed by atoms with Crippen molar-refractivity contribution in [1.82, 2.24) is 5.32 Å². The normalized spacial score (nSPS) is 19.5. The highest BCUT2D eigenvalue weighted by Gasteiger charge is 2.47. The number of aliphatic hydroxyl groups is 5. The molecule has 0 bridgehead atoms. The molecular weight excluding hydrogens is 931 g/mol. The SMILES string of the molecule is CCCCCCCC/C=C/CCCCCCCCCCCC(=O)OC1C(OCC(NC(=O)C(O)CCCC/C=C\CCCCCCCCC)C(O)/C=C/CCCCCCCCCCCCC)OC(CO)C(O)C1O. The molecule has 1 aliphatic rings. The maximum atomic E-state index is 13.4. The van der Waals surface area contributed by atoms with Gasteiger partial charge in [0.2, 0.25) is 5.91 Å². The molecule has 74 heavy (non-hydrogen) atoms. The molecule has 1 fully saturated rings. The molecule has 0 aromatic rings. The Balaban J connectivity index is 2.68. The molecule has 11 heteroatoms. The molecule has 434 valence electrons. The standard InChI is InChI=1S/C63H117NO10/c1-4-7-10-13-16-19-22-25-26-27-28-29-30-33-36-39-42-45-48-51-58(68)74-61-60(70)59(69)57(52-65)73-63(61)72-53-54(55(66)49-46-43-40-37-34-31-23-20-17-14-11-8-5-2)64-62(71)56(67)50-47-44-41-38-35-32-24-21-18-15-12-9-6-3/h25-26,35,38,46,49,54-57,59-61,63,65-67,69-70H,4-24,27-34,36-37,39-45,47-48,50-53H2,1-3H3,(H,64,71)/b26-25+,38-35-,49-46+. The van der Waals surface area contributed by atoms with Crippen LogP contribution in [0.15, 0.2) is 36.5 Å². The van der Waals surface area contributed by atoms with Crippen molar-refractivity contribution in [1.29, 1.82) is 0 Å². The summed E-state index contributed by atoms with van der Waals surface area (Å²) in [7, 11) is 0. The summed E-state index contributed by atoms with van der Waals surface area (Å²) in [5.41, 5.74) is 0. The van der Waals surface area contributed by atoms with E-state index in [-0.39, 0.29) is 19.4 Å².